The molecule has 0 spiro atoms. The van der Waals surface area contributed by atoms with Crippen LogP contribution in [0.2, 0.25) is 0 Å². The summed E-state index contributed by atoms with van der Waals surface area (Å²) in [7, 11) is 1.62. The van der Waals surface area contributed by atoms with Gasteiger partial charge in [-0.25, -0.2) is 4.98 Å². The van der Waals surface area contributed by atoms with Gasteiger partial charge in [0.05, 0.1) is 12.6 Å². The van der Waals surface area contributed by atoms with Gasteiger partial charge in [0.2, 0.25) is 5.82 Å². The lowest BCUT2D eigenvalue weighted by molar-refractivity contribution is 0.0940. The van der Waals surface area contributed by atoms with E-state index in [0.717, 1.165) is 11.3 Å². The molecule has 2 heterocycles. The Labute approximate surface area is 163 Å². The summed E-state index contributed by atoms with van der Waals surface area (Å²) in [4.78, 5) is 29.5. The van der Waals surface area contributed by atoms with E-state index in [1.165, 1.54) is 0 Å². The number of para-hydroxylation sites is 1. The fourth-order valence-electron chi connectivity index (χ4n) is 2.99. The third-order valence-electron chi connectivity index (χ3n) is 4.26. The average molecular weight is 380 g/mol. The minimum Gasteiger partial charge on any atom is -0.496 e. The second kappa shape index (κ2) is 8.56. The third kappa shape index (κ3) is 4.14. The summed E-state index contributed by atoms with van der Waals surface area (Å²) >= 11 is 0. The Morgan fingerprint density at radius 3 is 2.61 bits per heavy atom. The van der Waals surface area contributed by atoms with Gasteiger partial charge in [0, 0.05) is 18.8 Å². The first-order valence-corrected chi connectivity index (χ1v) is 9.19. The van der Waals surface area contributed by atoms with Crippen molar-refractivity contribution in [2.45, 2.75) is 26.3 Å². The first kappa shape index (κ1) is 19.4. The van der Waals surface area contributed by atoms with Crippen LogP contribution in [-0.2, 0) is 6.42 Å². The molecule has 2 amide bonds. The van der Waals surface area contributed by atoms with Gasteiger partial charge in [-0.3, -0.25) is 14.0 Å². The molecular formula is C21H24N4O3. The lowest BCUT2D eigenvalue weighted by Crippen LogP contribution is -2.31. The van der Waals surface area contributed by atoms with Crippen molar-refractivity contribution in [1.82, 2.24) is 20.0 Å². The van der Waals surface area contributed by atoms with Gasteiger partial charge in [0.25, 0.3) is 11.8 Å². The highest BCUT2D eigenvalue weighted by molar-refractivity contribution is 6.02. The van der Waals surface area contributed by atoms with E-state index in [1.807, 2.05) is 44.2 Å². The summed E-state index contributed by atoms with van der Waals surface area (Å²) < 4.78 is 6.97. The molecule has 0 aliphatic rings. The molecule has 2 N–H and O–H groups in total. The highest BCUT2D eigenvalue weighted by Crippen LogP contribution is 2.17. The van der Waals surface area contributed by atoms with Gasteiger partial charge in [-0.15, -0.1) is 0 Å². The molecule has 7 heteroatoms. The van der Waals surface area contributed by atoms with Gasteiger partial charge in [-0.05, 0) is 44.0 Å². The summed E-state index contributed by atoms with van der Waals surface area (Å²) in [6.45, 7) is 4.18. The smallest absolute Gasteiger partial charge is 0.287 e. The van der Waals surface area contributed by atoms with Crippen molar-refractivity contribution in [2.24, 2.45) is 0 Å². The predicted molar refractivity (Wildman–Crippen MR) is 107 cm³/mol. The van der Waals surface area contributed by atoms with Crippen molar-refractivity contribution in [3.8, 4) is 5.75 Å². The number of nitrogens with one attached hydrogen (secondary N) is 2. The number of carbonyl (C=O) groups is 2. The van der Waals surface area contributed by atoms with E-state index >= 15 is 0 Å². The van der Waals surface area contributed by atoms with Crippen molar-refractivity contribution in [1.29, 1.82) is 0 Å². The largest absolute Gasteiger partial charge is 0.496 e. The fraction of sp³-hybridized carbons (Fsp3) is 0.286. The quantitative estimate of drug-likeness (QED) is 0.659. The van der Waals surface area contributed by atoms with Crippen LogP contribution in [0.4, 0.5) is 0 Å². The molecule has 0 radical (unpaired) electrons. The number of pyridine rings is 1. The highest BCUT2D eigenvalue weighted by Gasteiger charge is 2.21. The second-order valence-electron chi connectivity index (χ2n) is 6.69. The first-order chi connectivity index (χ1) is 13.5. The number of benzene rings is 1. The van der Waals surface area contributed by atoms with Crippen LogP contribution < -0.4 is 15.4 Å². The first-order valence-electron chi connectivity index (χ1n) is 9.19. The normalized spacial score (nSPS) is 10.9. The number of methoxy groups -OCH3 is 1. The Morgan fingerprint density at radius 1 is 1.11 bits per heavy atom. The lowest BCUT2D eigenvalue weighted by Gasteiger charge is -2.08. The van der Waals surface area contributed by atoms with Crippen LogP contribution in [-0.4, -0.2) is 40.9 Å². The van der Waals surface area contributed by atoms with Gasteiger partial charge in [0.15, 0.2) is 5.69 Å². The van der Waals surface area contributed by atoms with Crippen LogP contribution in [0.15, 0.2) is 48.7 Å². The van der Waals surface area contributed by atoms with Gasteiger partial charge < -0.3 is 15.4 Å². The maximum atomic E-state index is 12.7. The Morgan fingerprint density at radius 2 is 1.86 bits per heavy atom. The standard InChI is InChI=1S/C21H24N4O3/c1-14(2)23-20(26)18-16-9-6-7-13-25(16)19(24-18)21(27)22-12-11-15-8-4-5-10-17(15)28-3/h4-10,13-14H,11-12H2,1-3H3,(H,22,27)(H,23,26). The van der Waals surface area contributed by atoms with Crippen LogP contribution >= 0.6 is 0 Å². The monoisotopic (exact) mass is 380 g/mol. The molecule has 3 aromatic rings. The molecule has 0 saturated carbocycles. The van der Waals surface area contributed by atoms with Crippen molar-refractivity contribution in [2.75, 3.05) is 13.7 Å². The Hall–Kier alpha value is -3.35. The number of carbonyl (C=O) groups excluding carboxylic acids is 2. The Kier molecular flexibility index (Phi) is 5.93. The Bertz CT molecular complexity index is 994. The molecule has 3 rings (SSSR count). The topological polar surface area (TPSA) is 84.7 Å². The van der Waals surface area contributed by atoms with Crippen LogP contribution in [0.1, 0.15) is 40.5 Å². The number of aromatic nitrogens is 2. The van der Waals surface area contributed by atoms with Crippen molar-refractivity contribution in [3.63, 3.8) is 0 Å². The van der Waals surface area contributed by atoms with E-state index in [2.05, 4.69) is 15.6 Å². The van der Waals surface area contributed by atoms with Gasteiger partial charge in [-0.2, -0.15) is 0 Å². The lowest BCUT2D eigenvalue weighted by atomic mass is 10.1. The molecule has 0 fully saturated rings. The van der Waals surface area contributed by atoms with E-state index in [9.17, 15) is 9.59 Å². The summed E-state index contributed by atoms with van der Waals surface area (Å²) in [5.74, 6) is 0.339. The summed E-state index contributed by atoms with van der Waals surface area (Å²) in [5, 5.41) is 5.69. The molecule has 28 heavy (non-hydrogen) atoms. The zero-order valence-corrected chi connectivity index (χ0v) is 16.2. The zero-order chi connectivity index (χ0) is 20.1. The van der Waals surface area contributed by atoms with Gasteiger partial charge in [0.1, 0.15) is 5.75 Å². The number of nitrogens with zero attached hydrogens (tertiary/aromatic N) is 2. The third-order valence-corrected chi connectivity index (χ3v) is 4.26. The van der Waals surface area contributed by atoms with Crippen LogP contribution in [0.5, 0.6) is 5.75 Å². The molecular weight excluding hydrogens is 356 g/mol. The maximum Gasteiger partial charge on any atom is 0.287 e. The summed E-state index contributed by atoms with van der Waals surface area (Å²) in [6, 6.07) is 13.0. The molecule has 7 nitrogen and oxygen atoms in total. The molecule has 0 atom stereocenters. The maximum absolute atomic E-state index is 12.7. The minimum atomic E-state index is -0.334. The van der Waals surface area contributed by atoms with E-state index < -0.39 is 0 Å². The number of rotatable bonds is 7. The van der Waals surface area contributed by atoms with Crippen molar-refractivity contribution >= 4 is 17.3 Å². The number of imidazole rings is 1. The number of amides is 2. The molecule has 0 unspecified atom stereocenters. The van der Waals surface area contributed by atoms with E-state index in [-0.39, 0.29) is 29.4 Å². The predicted octanol–water partition coefficient (Wildman–Crippen LogP) is 2.45. The van der Waals surface area contributed by atoms with Gasteiger partial charge in [-0.1, -0.05) is 24.3 Å². The summed E-state index contributed by atoms with van der Waals surface area (Å²) in [5.41, 5.74) is 1.84. The SMILES string of the molecule is COc1ccccc1CCNC(=O)c1nc(C(=O)NC(C)C)c2ccccn12. The van der Waals surface area contributed by atoms with Gasteiger partial charge >= 0.3 is 0 Å². The van der Waals surface area contributed by atoms with Crippen molar-refractivity contribution in [3.05, 3.63) is 65.7 Å². The van der Waals surface area contributed by atoms with Crippen LogP contribution in [0.25, 0.3) is 5.52 Å². The highest BCUT2D eigenvalue weighted by atomic mass is 16.5. The van der Waals surface area contributed by atoms with E-state index in [1.54, 1.807) is 29.8 Å². The molecule has 0 bridgehead atoms. The molecule has 0 aliphatic carbocycles. The molecule has 1 aromatic carbocycles. The average Bonchev–Trinajstić information content (AvgIpc) is 3.08. The second-order valence-corrected chi connectivity index (χ2v) is 6.69. The molecule has 0 saturated heterocycles. The van der Waals surface area contributed by atoms with E-state index in [0.29, 0.717) is 18.5 Å². The Balaban J connectivity index is 1.77. The molecule has 2 aromatic heterocycles. The molecule has 146 valence electrons. The number of ether oxygens (including phenoxy) is 1. The molecule has 0 aliphatic heterocycles. The fourth-order valence-corrected chi connectivity index (χ4v) is 2.99. The van der Waals surface area contributed by atoms with Crippen LogP contribution in [0, 0.1) is 0 Å². The zero-order valence-electron chi connectivity index (χ0n) is 16.2. The number of fused-ring (bicyclic) bond motifs is 1. The minimum absolute atomic E-state index is 0.0221. The van der Waals surface area contributed by atoms with Crippen LogP contribution in [0.3, 0.4) is 0 Å². The van der Waals surface area contributed by atoms with E-state index in [4.69, 9.17) is 4.74 Å². The number of hydrogen-bond acceptors (Lipinski definition) is 4. The number of hydrogen-bond donors (Lipinski definition) is 2. The van der Waals surface area contributed by atoms with Crippen molar-refractivity contribution < 1.29 is 14.3 Å². The summed E-state index contributed by atoms with van der Waals surface area (Å²) in [6.07, 6.45) is 2.35.